The van der Waals surface area contributed by atoms with Crippen LogP contribution in [0.5, 0.6) is 0 Å². The molecule has 1 N–H and O–H groups in total. The third-order valence-corrected chi connectivity index (χ3v) is 4.82. The fourth-order valence-corrected chi connectivity index (χ4v) is 3.65. The van der Waals surface area contributed by atoms with Crippen molar-refractivity contribution >= 4 is 10.0 Å². The minimum absolute atomic E-state index is 0.164. The monoisotopic (exact) mass is 307 g/mol. The number of sulfonamides is 1. The molecule has 0 amide bonds. The molecule has 21 heavy (non-hydrogen) atoms. The molecule has 0 saturated carbocycles. The zero-order chi connectivity index (χ0) is 15.3. The minimum Gasteiger partial charge on any atom is -0.241 e. The first-order valence-corrected chi connectivity index (χ1v) is 8.77. The van der Waals surface area contributed by atoms with Gasteiger partial charge >= 0.3 is 0 Å². The van der Waals surface area contributed by atoms with E-state index >= 15 is 0 Å². The van der Waals surface area contributed by atoms with E-state index in [4.69, 9.17) is 0 Å². The van der Waals surface area contributed by atoms with E-state index in [0.717, 1.165) is 17.7 Å². The molecule has 1 aromatic heterocycles. The minimum atomic E-state index is -3.26. The van der Waals surface area contributed by atoms with E-state index in [1.807, 2.05) is 50.4 Å². The Morgan fingerprint density at radius 3 is 2.71 bits per heavy atom. The van der Waals surface area contributed by atoms with Crippen molar-refractivity contribution in [1.29, 1.82) is 0 Å². The molecule has 0 radical (unpaired) electrons. The van der Waals surface area contributed by atoms with Gasteiger partial charge in [0.25, 0.3) is 0 Å². The smallest absolute Gasteiger partial charge is 0.212 e. The largest absolute Gasteiger partial charge is 0.241 e. The van der Waals surface area contributed by atoms with Crippen LogP contribution >= 0.6 is 0 Å². The number of rotatable bonds is 7. The van der Waals surface area contributed by atoms with Crippen LogP contribution < -0.4 is 4.72 Å². The van der Waals surface area contributed by atoms with Gasteiger partial charge in [-0.2, -0.15) is 5.10 Å². The number of para-hydroxylation sites is 1. The third-order valence-electron chi connectivity index (χ3n) is 3.28. The number of hydrogen-bond acceptors (Lipinski definition) is 3. The van der Waals surface area contributed by atoms with Crippen LogP contribution in [-0.4, -0.2) is 24.0 Å². The summed E-state index contributed by atoms with van der Waals surface area (Å²) in [5.41, 5.74) is 1.79. The fourth-order valence-electron chi connectivity index (χ4n) is 2.20. The van der Waals surface area contributed by atoms with Crippen LogP contribution in [0.15, 0.2) is 42.7 Å². The molecule has 5 nitrogen and oxygen atoms in total. The maximum atomic E-state index is 12.0. The van der Waals surface area contributed by atoms with Gasteiger partial charge < -0.3 is 0 Å². The van der Waals surface area contributed by atoms with E-state index in [9.17, 15) is 8.42 Å². The highest BCUT2D eigenvalue weighted by molar-refractivity contribution is 7.89. The summed E-state index contributed by atoms with van der Waals surface area (Å²) in [5.74, 6) is 0.164. The van der Waals surface area contributed by atoms with Crippen molar-refractivity contribution in [2.45, 2.75) is 32.7 Å². The number of nitrogens with zero attached hydrogens (tertiary/aromatic N) is 2. The first-order chi connectivity index (χ1) is 10.0. The second-order valence-electron chi connectivity index (χ2n) is 5.02. The quantitative estimate of drug-likeness (QED) is 0.855. The van der Waals surface area contributed by atoms with Crippen LogP contribution in [0.3, 0.4) is 0 Å². The van der Waals surface area contributed by atoms with E-state index in [1.54, 1.807) is 10.9 Å². The average Bonchev–Trinajstić information content (AvgIpc) is 2.99. The van der Waals surface area contributed by atoms with Crippen LogP contribution in [0, 0.1) is 0 Å². The summed E-state index contributed by atoms with van der Waals surface area (Å²) in [5, 5.41) is 4.22. The zero-order valence-corrected chi connectivity index (χ0v) is 13.2. The van der Waals surface area contributed by atoms with E-state index in [0.29, 0.717) is 6.42 Å². The third kappa shape index (κ3) is 4.15. The van der Waals surface area contributed by atoms with E-state index < -0.39 is 10.0 Å². The van der Waals surface area contributed by atoms with Crippen LogP contribution in [0.2, 0.25) is 0 Å². The highest BCUT2D eigenvalue weighted by atomic mass is 32.2. The lowest BCUT2D eigenvalue weighted by molar-refractivity contribution is 0.563. The molecule has 0 aliphatic carbocycles. The lowest BCUT2D eigenvalue weighted by Crippen LogP contribution is -2.29. The number of nitrogens with one attached hydrogen (secondary N) is 1. The highest BCUT2D eigenvalue weighted by Gasteiger charge is 2.18. The Morgan fingerprint density at radius 1 is 1.29 bits per heavy atom. The lowest BCUT2D eigenvalue weighted by Gasteiger charge is -2.18. The molecule has 0 saturated heterocycles. The Hall–Kier alpha value is -1.66. The fraction of sp³-hybridized carbons (Fsp3) is 0.400. The topological polar surface area (TPSA) is 64.0 Å². The number of benzene rings is 1. The number of aromatic nitrogens is 2. The molecule has 1 unspecified atom stereocenters. The van der Waals surface area contributed by atoms with Crippen molar-refractivity contribution in [3.63, 3.8) is 0 Å². The first kappa shape index (κ1) is 15.7. The van der Waals surface area contributed by atoms with Crippen LogP contribution in [0.25, 0.3) is 5.69 Å². The van der Waals surface area contributed by atoms with Crippen molar-refractivity contribution in [3.05, 3.63) is 48.3 Å². The van der Waals surface area contributed by atoms with Crippen molar-refractivity contribution in [3.8, 4) is 5.69 Å². The molecule has 0 aliphatic rings. The maximum absolute atomic E-state index is 12.0. The summed E-state index contributed by atoms with van der Waals surface area (Å²) in [6.07, 6.45) is 5.08. The molecule has 2 aromatic rings. The van der Waals surface area contributed by atoms with E-state index in [2.05, 4.69) is 9.82 Å². The Labute approximate surface area is 126 Å². The molecular formula is C15H21N3O2S. The van der Waals surface area contributed by atoms with Gasteiger partial charge in [-0.25, -0.2) is 17.8 Å². The van der Waals surface area contributed by atoms with Gasteiger partial charge in [-0.05, 0) is 31.0 Å². The van der Waals surface area contributed by atoms with Crippen LogP contribution in [0.4, 0.5) is 0 Å². The molecule has 1 heterocycles. The predicted molar refractivity (Wildman–Crippen MR) is 83.8 cm³/mol. The van der Waals surface area contributed by atoms with Gasteiger partial charge in [-0.3, -0.25) is 0 Å². The summed E-state index contributed by atoms with van der Waals surface area (Å²) >= 11 is 0. The normalized spacial score (nSPS) is 13.2. The standard InChI is InChI=1S/C15H21N3O2S/c1-3-4-12-21(19,20)17-13(2)14-8-5-6-9-15(14)18-11-7-10-16-18/h5-11,13,17H,3-4,12H2,1-2H3. The molecular weight excluding hydrogens is 286 g/mol. The first-order valence-electron chi connectivity index (χ1n) is 7.12. The van der Waals surface area contributed by atoms with Gasteiger partial charge in [0.2, 0.25) is 10.0 Å². The highest BCUT2D eigenvalue weighted by Crippen LogP contribution is 2.21. The van der Waals surface area contributed by atoms with Gasteiger partial charge in [0, 0.05) is 18.4 Å². The van der Waals surface area contributed by atoms with Crippen molar-refractivity contribution in [2.24, 2.45) is 0 Å². The molecule has 0 fully saturated rings. The van der Waals surface area contributed by atoms with Crippen molar-refractivity contribution in [2.75, 3.05) is 5.75 Å². The molecule has 114 valence electrons. The van der Waals surface area contributed by atoms with Crippen LogP contribution in [-0.2, 0) is 10.0 Å². The Morgan fingerprint density at radius 2 is 2.05 bits per heavy atom. The molecule has 0 bridgehead atoms. The Bertz CT molecular complexity index is 666. The second kappa shape index (κ2) is 6.87. The summed E-state index contributed by atoms with van der Waals surface area (Å²) in [6.45, 7) is 3.83. The number of hydrogen-bond donors (Lipinski definition) is 1. The molecule has 0 spiro atoms. The summed E-state index contributed by atoms with van der Waals surface area (Å²) in [6, 6.07) is 9.21. The van der Waals surface area contributed by atoms with Gasteiger partial charge in [-0.1, -0.05) is 31.5 Å². The van der Waals surface area contributed by atoms with Gasteiger partial charge in [0.15, 0.2) is 0 Å². The molecule has 1 atom stereocenters. The molecule has 0 aliphatic heterocycles. The molecule has 1 aromatic carbocycles. The molecule has 2 rings (SSSR count). The zero-order valence-electron chi connectivity index (χ0n) is 12.4. The average molecular weight is 307 g/mol. The summed E-state index contributed by atoms with van der Waals surface area (Å²) in [4.78, 5) is 0. The second-order valence-corrected chi connectivity index (χ2v) is 6.89. The van der Waals surface area contributed by atoms with E-state index in [1.165, 1.54) is 0 Å². The van der Waals surface area contributed by atoms with Gasteiger partial charge in [-0.15, -0.1) is 0 Å². The number of unbranched alkanes of at least 4 members (excludes halogenated alkanes) is 1. The Balaban J connectivity index is 2.22. The Kier molecular flexibility index (Phi) is 5.14. The van der Waals surface area contributed by atoms with Gasteiger partial charge in [0.05, 0.1) is 11.4 Å². The SMILES string of the molecule is CCCCS(=O)(=O)NC(C)c1ccccc1-n1cccn1. The summed E-state index contributed by atoms with van der Waals surface area (Å²) < 4.78 is 28.6. The lowest BCUT2D eigenvalue weighted by atomic mass is 10.1. The van der Waals surface area contributed by atoms with E-state index in [-0.39, 0.29) is 11.8 Å². The van der Waals surface area contributed by atoms with Crippen molar-refractivity contribution < 1.29 is 8.42 Å². The molecule has 6 heteroatoms. The maximum Gasteiger partial charge on any atom is 0.212 e. The van der Waals surface area contributed by atoms with Crippen molar-refractivity contribution in [1.82, 2.24) is 14.5 Å². The summed E-state index contributed by atoms with van der Waals surface area (Å²) in [7, 11) is -3.26. The van der Waals surface area contributed by atoms with Crippen LogP contribution in [0.1, 0.15) is 38.3 Å². The van der Waals surface area contributed by atoms with Gasteiger partial charge in [0.1, 0.15) is 0 Å². The predicted octanol–water partition coefficient (Wildman–Crippen LogP) is 2.65.